The van der Waals surface area contributed by atoms with Gasteiger partial charge < -0.3 is 29.0 Å². The van der Waals surface area contributed by atoms with E-state index in [0.29, 0.717) is 11.5 Å². The number of amides is 2. The molecule has 0 aliphatic heterocycles. The molecule has 2 amide bonds. The van der Waals surface area contributed by atoms with Gasteiger partial charge in [-0.15, -0.1) is 0 Å². The molecular weight excluding hydrogens is 665 g/mol. The van der Waals surface area contributed by atoms with Gasteiger partial charge >= 0.3 is 12.1 Å². The quantitative estimate of drug-likeness (QED) is 0.166. The molecule has 0 aliphatic carbocycles. The first-order valence-corrected chi connectivity index (χ1v) is 23.4. The van der Waals surface area contributed by atoms with Gasteiger partial charge in [-0.3, -0.25) is 4.79 Å². The molecule has 280 valence electrons. The van der Waals surface area contributed by atoms with Crippen molar-refractivity contribution in [3.8, 4) is 11.5 Å². The average molecular weight is 729 g/mol. The monoisotopic (exact) mass is 728 g/mol. The van der Waals surface area contributed by atoms with Gasteiger partial charge in [0.15, 0.2) is 0 Å². The predicted octanol–water partition coefficient (Wildman–Crippen LogP) is 8.96. The number of carbonyl (C=O) groups excluding carboxylic acids is 3. The zero-order valence-corrected chi connectivity index (χ0v) is 35.5. The van der Waals surface area contributed by atoms with Crippen molar-refractivity contribution in [2.24, 2.45) is 0 Å². The summed E-state index contributed by atoms with van der Waals surface area (Å²) in [7, 11) is -4.53. The fourth-order valence-corrected chi connectivity index (χ4v) is 6.32. The van der Waals surface area contributed by atoms with Gasteiger partial charge in [-0.2, -0.15) is 0 Å². The third kappa shape index (κ3) is 13.4. The number of hydrogen-bond acceptors (Lipinski definition) is 7. The molecule has 2 N–H and O–H groups in total. The lowest BCUT2D eigenvalue weighted by atomic mass is 10.0. The maximum Gasteiger partial charge on any atom is 0.408 e. The Hall–Kier alpha value is -3.32. The van der Waals surface area contributed by atoms with Crippen LogP contribution in [0.1, 0.15) is 94.2 Å². The molecule has 2 atom stereocenters. The molecule has 0 saturated carbocycles. The smallest absolute Gasteiger partial charge is 0.408 e. The highest BCUT2D eigenvalue weighted by Crippen LogP contribution is 2.44. The molecule has 50 heavy (non-hydrogen) atoms. The fourth-order valence-electron chi connectivity index (χ4n) is 4.28. The Bertz CT molecular complexity index is 1460. The minimum atomic E-state index is -2.30. The molecular formula is C39H64N2O7Si2. The van der Waals surface area contributed by atoms with E-state index >= 15 is 0 Å². The molecule has 0 radical (unpaired) electrons. The second-order valence-corrected chi connectivity index (χ2v) is 27.6. The maximum absolute atomic E-state index is 14.0. The Morgan fingerprint density at radius 1 is 0.600 bits per heavy atom. The number of hydrogen-bond donors (Lipinski definition) is 2. The van der Waals surface area contributed by atoms with Crippen LogP contribution in [-0.4, -0.2) is 57.9 Å². The minimum Gasteiger partial charge on any atom is -0.541 e. The number of benzene rings is 2. The Morgan fingerprint density at radius 3 is 1.56 bits per heavy atom. The lowest BCUT2D eigenvalue weighted by molar-refractivity contribution is -0.158. The minimum absolute atomic E-state index is 0.0321. The van der Waals surface area contributed by atoms with E-state index in [9.17, 15) is 14.4 Å². The van der Waals surface area contributed by atoms with E-state index in [4.69, 9.17) is 18.3 Å². The standard InChI is InChI=1S/C39H64N2O7Si2/c1-36(2,3)45-34(43)30(40-33(42)29(24-27-20-18-17-19-21-27)41-35(44)46-37(4,5)6)25-28-22-23-31(47-49(13,14)38(7,8)9)32(26-28)48-50(15,16)39(10,11)12/h17-23,26,29-30H,24-25H2,1-16H3,(H,40,42)(H,41,44)/t29-,30-/m0/s1. The van der Waals surface area contributed by atoms with Crippen LogP contribution in [0.3, 0.4) is 0 Å². The van der Waals surface area contributed by atoms with E-state index in [1.807, 2.05) is 48.5 Å². The molecule has 0 saturated heterocycles. The maximum atomic E-state index is 14.0. The van der Waals surface area contributed by atoms with E-state index in [2.05, 4.69) is 78.4 Å². The van der Waals surface area contributed by atoms with Crippen LogP contribution in [0.4, 0.5) is 4.79 Å². The van der Waals surface area contributed by atoms with Crippen molar-refractivity contribution in [1.29, 1.82) is 0 Å². The average Bonchev–Trinajstić information content (AvgIpc) is 2.90. The molecule has 0 unspecified atom stereocenters. The number of nitrogens with one attached hydrogen (secondary N) is 2. The highest BCUT2D eigenvalue weighted by atomic mass is 28.4. The summed E-state index contributed by atoms with van der Waals surface area (Å²) >= 11 is 0. The molecule has 0 aromatic heterocycles. The summed E-state index contributed by atoms with van der Waals surface area (Å²) in [5.74, 6) is 0.176. The summed E-state index contributed by atoms with van der Waals surface area (Å²) in [5, 5.41) is 5.51. The van der Waals surface area contributed by atoms with Crippen LogP contribution in [0.2, 0.25) is 36.3 Å². The van der Waals surface area contributed by atoms with E-state index < -0.39 is 57.9 Å². The molecule has 0 aliphatic rings. The Kier molecular flexibility index (Phi) is 13.6. The van der Waals surface area contributed by atoms with Crippen molar-refractivity contribution in [3.05, 3.63) is 59.7 Å². The second-order valence-electron chi connectivity index (χ2n) is 18.2. The molecule has 0 fully saturated rings. The Morgan fingerprint density at radius 2 is 1.08 bits per heavy atom. The highest BCUT2D eigenvalue weighted by Gasteiger charge is 2.42. The lowest BCUT2D eigenvalue weighted by Gasteiger charge is -2.40. The van der Waals surface area contributed by atoms with E-state index in [1.165, 1.54) is 0 Å². The van der Waals surface area contributed by atoms with Gasteiger partial charge in [-0.25, -0.2) is 9.59 Å². The van der Waals surface area contributed by atoms with Crippen molar-refractivity contribution in [3.63, 3.8) is 0 Å². The number of esters is 1. The first-order valence-electron chi connectivity index (χ1n) is 17.6. The molecule has 2 aromatic carbocycles. The van der Waals surface area contributed by atoms with Crippen LogP contribution in [0, 0.1) is 0 Å². The van der Waals surface area contributed by atoms with Gasteiger partial charge in [0.1, 0.15) is 34.8 Å². The third-order valence-electron chi connectivity index (χ3n) is 9.09. The number of carbonyl (C=O) groups is 3. The topological polar surface area (TPSA) is 112 Å². The summed E-state index contributed by atoms with van der Waals surface area (Å²) in [6, 6.07) is 13.0. The van der Waals surface area contributed by atoms with Gasteiger partial charge in [0, 0.05) is 12.8 Å². The van der Waals surface area contributed by atoms with Crippen molar-refractivity contribution >= 4 is 34.6 Å². The van der Waals surface area contributed by atoms with Gasteiger partial charge in [0.25, 0.3) is 16.6 Å². The summed E-state index contributed by atoms with van der Waals surface area (Å²) in [5.41, 5.74) is 0.0384. The highest BCUT2D eigenvalue weighted by molar-refractivity contribution is 6.75. The SMILES string of the molecule is CC(C)(C)OC(=O)N[C@@H](Cc1ccccc1)C(=O)N[C@@H](Cc1ccc(O[Si](C)(C)C(C)(C)C)c(O[Si](C)(C)C(C)(C)C)c1)C(=O)OC(C)(C)C. The number of ether oxygens (including phenoxy) is 2. The van der Waals surface area contributed by atoms with Gasteiger partial charge in [0.05, 0.1) is 0 Å². The van der Waals surface area contributed by atoms with Crippen molar-refractivity contribution in [1.82, 2.24) is 10.6 Å². The van der Waals surface area contributed by atoms with Crippen molar-refractivity contribution in [2.45, 2.75) is 155 Å². The molecule has 9 nitrogen and oxygen atoms in total. The number of alkyl carbamates (subject to hydrolysis) is 1. The summed E-state index contributed by atoms with van der Waals surface area (Å²) in [4.78, 5) is 40.5. The van der Waals surface area contributed by atoms with Crippen LogP contribution < -0.4 is 19.5 Å². The summed E-state index contributed by atoms with van der Waals surface area (Å²) in [6.07, 6.45) is -0.414. The first-order chi connectivity index (χ1) is 22.5. The largest absolute Gasteiger partial charge is 0.541 e. The van der Waals surface area contributed by atoms with Gasteiger partial charge in [-0.05, 0) is 101 Å². The third-order valence-corrected chi connectivity index (χ3v) is 17.8. The van der Waals surface area contributed by atoms with Gasteiger partial charge in [-0.1, -0.05) is 77.9 Å². The molecule has 2 aromatic rings. The normalized spacial score (nSPS) is 14.2. The summed E-state index contributed by atoms with van der Waals surface area (Å²) in [6.45, 7) is 32.5. The van der Waals surface area contributed by atoms with Crippen LogP contribution in [0.15, 0.2) is 48.5 Å². The van der Waals surface area contributed by atoms with Crippen LogP contribution in [0.5, 0.6) is 11.5 Å². The fraction of sp³-hybridized carbons (Fsp3) is 0.615. The van der Waals surface area contributed by atoms with Crippen LogP contribution >= 0.6 is 0 Å². The van der Waals surface area contributed by atoms with Crippen molar-refractivity contribution in [2.75, 3.05) is 0 Å². The Labute approximate surface area is 303 Å². The molecule has 0 spiro atoms. The molecule has 0 bridgehead atoms. The van der Waals surface area contributed by atoms with E-state index in [-0.39, 0.29) is 22.9 Å². The van der Waals surface area contributed by atoms with E-state index in [0.717, 1.165) is 11.1 Å². The number of rotatable bonds is 12. The second kappa shape index (κ2) is 15.9. The zero-order chi connectivity index (χ0) is 38.5. The lowest BCUT2D eigenvalue weighted by Crippen LogP contribution is -2.54. The molecule has 0 heterocycles. The zero-order valence-electron chi connectivity index (χ0n) is 33.5. The van der Waals surface area contributed by atoms with E-state index in [1.54, 1.807) is 41.5 Å². The molecule has 11 heteroatoms. The summed E-state index contributed by atoms with van der Waals surface area (Å²) < 4.78 is 24.9. The molecule has 2 rings (SSSR count). The first kappa shape index (κ1) is 42.8. The predicted molar refractivity (Wildman–Crippen MR) is 207 cm³/mol. The van der Waals surface area contributed by atoms with Crippen LogP contribution in [-0.2, 0) is 31.9 Å². The van der Waals surface area contributed by atoms with Gasteiger partial charge in [0.2, 0.25) is 5.91 Å². The Balaban J connectivity index is 2.56. The van der Waals surface area contributed by atoms with Crippen molar-refractivity contribution < 1.29 is 32.7 Å². The van der Waals surface area contributed by atoms with Crippen LogP contribution in [0.25, 0.3) is 0 Å².